The number of fused-ring (bicyclic) bond motifs is 1. The lowest BCUT2D eigenvalue weighted by atomic mass is 10.1. The molecule has 2 aromatic carbocycles. The van der Waals surface area contributed by atoms with E-state index in [0.717, 1.165) is 47.6 Å². The van der Waals surface area contributed by atoms with Gasteiger partial charge in [-0.15, -0.1) is 0 Å². The van der Waals surface area contributed by atoms with Crippen molar-refractivity contribution in [3.63, 3.8) is 0 Å². The number of aromatic nitrogens is 4. The van der Waals surface area contributed by atoms with E-state index in [1.54, 1.807) is 0 Å². The largest absolute Gasteiger partial charge is 0.376 e. The van der Waals surface area contributed by atoms with Crippen LogP contribution >= 0.6 is 0 Å². The Bertz CT molecular complexity index is 1410. The van der Waals surface area contributed by atoms with Crippen molar-refractivity contribution in [1.82, 2.24) is 24.4 Å². The maximum atomic E-state index is 13.1. The Kier molecular flexibility index (Phi) is 6.92. The van der Waals surface area contributed by atoms with Crippen LogP contribution in [0.3, 0.4) is 0 Å². The summed E-state index contributed by atoms with van der Waals surface area (Å²) in [5, 5.41) is 3.50. The molecular formula is C29H33N7O2. The highest BCUT2D eigenvalue weighted by atomic mass is 16.5. The van der Waals surface area contributed by atoms with E-state index in [1.807, 2.05) is 60.6 Å². The highest BCUT2D eigenvalue weighted by molar-refractivity contribution is 5.94. The van der Waals surface area contributed by atoms with E-state index in [9.17, 15) is 4.79 Å². The molecule has 1 N–H and O–H groups in total. The monoisotopic (exact) mass is 511 g/mol. The summed E-state index contributed by atoms with van der Waals surface area (Å²) >= 11 is 0. The predicted octanol–water partition coefficient (Wildman–Crippen LogP) is 3.74. The third-order valence-electron chi connectivity index (χ3n) is 7.28. The molecule has 0 radical (unpaired) electrons. The SMILES string of the molecule is Cc1cccc(C(=O)N2CCN(c3nc(NCC4CCCO4)c4ncn(Cc5ccccc5)c4n3)CC2)c1. The van der Waals surface area contributed by atoms with Crippen molar-refractivity contribution in [3.8, 4) is 0 Å². The van der Waals surface area contributed by atoms with Crippen molar-refractivity contribution in [3.05, 3.63) is 77.6 Å². The molecule has 4 heterocycles. The van der Waals surface area contributed by atoms with Crippen LogP contribution in [0.5, 0.6) is 0 Å². The number of carbonyl (C=O) groups excluding carboxylic acids is 1. The molecule has 0 saturated carbocycles. The molecule has 0 spiro atoms. The highest BCUT2D eigenvalue weighted by Gasteiger charge is 2.26. The Morgan fingerprint density at radius 3 is 2.66 bits per heavy atom. The van der Waals surface area contributed by atoms with Gasteiger partial charge in [-0.25, -0.2) is 4.98 Å². The predicted molar refractivity (Wildman–Crippen MR) is 148 cm³/mol. The quantitative estimate of drug-likeness (QED) is 0.404. The number of anilines is 2. The molecular weight excluding hydrogens is 478 g/mol. The second-order valence-electron chi connectivity index (χ2n) is 10.1. The standard InChI is InChI=1S/C29H33N7O2/c1-21-7-5-10-23(17-21)28(37)34-12-14-35(15-13-34)29-32-26(30-18-24-11-6-16-38-24)25-27(33-29)36(20-31-25)19-22-8-3-2-4-9-22/h2-5,7-10,17,20,24H,6,11-16,18-19H2,1H3,(H,30,32,33). The van der Waals surface area contributed by atoms with Gasteiger partial charge in [0.2, 0.25) is 5.95 Å². The summed E-state index contributed by atoms with van der Waals surface area (Å²) in [7, 11) is 0. The maximum absolute atomic E-state index is 13.1. The van der Waals surface area contributed by atoms with Crippen LogP contribution in [0.15, 0.2) is 60.9 Å². The number of aryl methyl sites for hydroxylation is 1. The lowest BCUT2D eigenvalue weighted by Crippen LogP contribution is -2.49. The zero-order valence-corrected chi connectivity index (χ0v) is 21.7. The van der Waals surface area contributed by atoms with Crippen LogP contribution in [0, 0.1) is 6.92 Å². The van der Waals surface area contributed by atoms with E-state index >= 15 is 0 Å². The number of piperazine rings is 1. The molecule has 2 saturated heterocycles. The summed E-state index contributed by atoms with van der Waals surface area (Å²) in [4.78, 5) is 31.7. The molecule has 2 aromatic heterocycles. The number of hydrogen-bond donors (Lipinski definition) is 1. The number of hydrogen-bond acceptors (Lipinski definition) is 7. The molecule has 38 heavy (non-hydrogen) atoms. The van der Waals surface area contributed by atoms with Crippen LogP contribution in [0.1, 0.15) is 34.3 Å². The van der Waals surface area contributed by atoms with E-state index < -0.39 is 0 Å². The molecule has 9 heteroatoms. The van der Waals surface area contributed by atoms with Gasteiger partial charge in [0.05, 0.1) is 19.0 Å². The molecule has 196 valence electrons. The first-order valence-electron chi connectivity index (χ1n) is 13.4. The number of nitrogens with one attached hydrogen (secondary N) is 1. The zero-order valence-electron chi connectivity index (χ0n) is 21.7. The summed E-state index contributed by atoms with van der Waals surface area (Å²) in [6.07, 6.45) is 4.17. The lowest BCUT2D eigenvalue weighted by molar-refractivity contribution is 0.0746. The van der Waals surface area contributed by atoms with Gasteiger partial charge in [-0.05, 0) is 37.5 Å². The van der Waals surface area contributed by atoms with Gasteiger partial charge < -0.3 is 24.4 Å². The van der Waals surface area contributed by atoms with E-state index in [2.05, 4.69) is 31.9 Å². The van der Waals surface area contributed by atoms with Crippen LogP contribution in [0.4, 0.5) is 11.8 Å². The molecule has 2 aliphatic rings. The van der Waals surface area contributed by atoms with E-state index in [0.29, 0.717) is 45.2 Å². The summed E-state index contributed by atoms with van der Waals surface area (Å²) in [6.45, 7) is 6.77. The van der Waals surface area contributed by atoms with Crippen LogP contribution in [0.25, 0.3) is 11.2 Å². The van der Waals surface area contributed by atoms with Crippen molar-refractivity contribution < 1.29 is 9.53 Å². The zero-order chi connectivity index (χ0) is 25.9. The Hall–Kier alpha value is -3.98. The maximum Gasteiger partial charge on any atom is 0.253 e. The summed E-state index contributed by atoms with van der Waals surface area (Å²) < 4.78 is 7.89. The van der Waals surface area contributed by atoms with Gasteiger partial charge in [0, 0.05) is 44.9 Å². The van der Waals surface area contributed by atoms with Gasteiger partial charge in [0.25, 0.3) is 5.91 Å². The van der Waals surface area contributed by atoms with Gasteiger partial charge in [0.1, 0.15) is 0 Å². The van der Waals surface area contributed by atoms with E-state index in [4.69, 9.17) is 14.7 Å². The average Bonchev–Trinajstić information content (AvgIpc) is 3.62. The van der Waals surface area contributed by atoms with Crippen LogP contribution in [0.2, 0.25) is 0 Å². The molecule has 1 atom stereocenters. The molecule has 0 bridgehead atoms. The minimum absolute atomic E-state index is 0.0737. The Labute approximate surface area is 222 Å². The number of imidazole rings is 1. The number of carbonyl (C=O) groups is 1. The summed E-state index contributed by atoms with van der Waals surface area (Å²) in [5.41, 5.74) is 4.57. The van der Waals surface area contributed by atoms with Gasteiger partial charge >= 0.3 is 0 Å². The van der Waals surface area contributed by atoms with Crippen molar-refractivity contribution in [1.29, 1.82) is 0 Å². The van der Waals surface area contributed by atoms with Gasteiger partial charge in [-0.3, -0.25) is 4.79 Å². The van der Waals surface area contributed by atoms with Crippen molar-refractivity contribution in [2.24, 2.45) is 0 Å². The third kappa shape index (κ3) is 5.19. The fraction of sp³-hybridized carbons (Fsp3) is 0.379. The Morgan fingerprint density at radius 2 is 1.89 bits per heavy atom. The number of ether oxygens (including phenoxy) is 1. The Balaban J connectivity index is 1.24. The first-order chi connectivity index (χ1) is 18.6. The highest BCUT2D eigenvalue weighted by Crippen LogP contribution is 2.25. The fourth-order valence-electron chi connectivity index (χ4n) is 5.18. The van der Waals surface area contributed by atoms with E-state index in [-0.39, 0.29) is 12.0 Å². The molecule has 2 fully saturated rings. The number of nitrogens with zero attached hydrogens (tertiary/aromatic N) is 6. The molecule has 6 rings (SSSR count). The van der Waals surface area contributed by atoms with Crippen molar-refractivity contribution in [2.75, 3.05) is 49.5 Å². The number of benzene rings is 2. The van der Waals surface area contributed by atoms with Gasteiger partial charge in [-0.2, -0.15) is 9.97 Å². The van der Waals surface area contributed by atoms with Crippen molar-refractivity contribution >= 4 is 28.8 Å². The lowest BCUT2D eigenvalue weighted by Gasteiger charge is -2.35. The molecule has 1 unspecified atom stereocenters. The first kappa shape index (κ1) is 24.4. The average molecular weight is 512 g/mol. The topological polar surface area (TPSA) is 88.4 Å². The van der Waals surface area contributed by atoms with E-state index in [1.165, 1.54) is 5.56 Å². The third-order valence-corrected chi connectivity index (χ3v) is 7.28. The van der Waals surface area contributed by atoms with Gasteiger partial charge in [0.15, 0.2) is 17.0 Å². The minimum atomic E-state index is 0.0737. The second-order valence-corrected chi connectivity index (χ2v) is 10.1. The number of amides is 1. The second kappa shape index (κ2) is 10.8. The van der Waals surface area contributed by atoms with Crippen LogP contribution in [-0.2, 0) is 11.3 Å². The molecule has 9 nitrogen and oxygen atoms in total. The summed E-state index contributed by atoms with van der Waals surface area (Å²) in [5.74, 6) is 1.46. The number of rotatable bonds is 7. The molecule has 2 aliphatic heterocycles. The minimum Gasteiger partial charge on any atom is -0.376 e. The Morgan fingerprint density at radius 1 is 1.05 bits per heavy atom. The van der Waals surface area contributed by atoms with Crippen molar-refractivity contribution in [2.45, 2.75) is 32.4 Å². The first-order valence-corrected chi connectivity index (χ1v) is 13.4. The normalized spacial score (nSPS) is 17.8. The molecule has 0 aliphatic carbocycles. The molecule has 1 amide bonds. The fourth-order valence-corrected chi connectivity index (χ4v) is 5.18. The molecule has 4 aromatic rings. The van der Waals surface area contributed by atoms with Crippen LogP contribution in [-0.4, -0.2) is 75.8 Å². The van der Waals surface area contributed by atoms with Crippen LogP contribution < -0.4 is 10.2 Å². The smallest absolute Gasteiger partial charge is 0.253 e. The van der Waals surface area contributed by atoms with Gasteiger partial charge in [-0.1, -0.05) is 48.0 Å². The summed E-state index contributed by atoms with van der Waals surface area (Å²) in [6, 6.07) is 18.1.